The molecular weight excluding hydrogens is 264 g/mol. The molecule has 21 heavy (non-hydrogen) atoms. The number of ether oxygens (including phenoxy) is 2. The predicted octanol–water partition coefficient (Wildman–Crippen LogP) is 2.70. The molecule has 0 amide bonds. The van der Waals surface area contributed by atoms with Gasteiger partial charge in [-0.3, -0.25) is 0 Å². The molecule has 3 aliphatic rings. The lowest BCUT2D eigenvalue weighted by atomic mass is 9.81. The maximum Gasteiger partial charge on any atom is 0.183 e. The van der Waals surface area contributed by atoms with E-state index in [-0.39, 0.29) is 0 Å². The molecule has 0 saturated carbocycles. The number of methoxy groups -OCH3 is 1. The van der Waals surface area contributed by atoms with Crippen LogP contribution in [0.2, 0.25) is 0 Å². The topological polar surface area (TPSA) is 47.7 Å². The second-order valence-electron chi connectivity index (χ2n) is 6.22. The standard InChI is InChI=1S/C17H26N2O2/c1-3-21-16-11-13(10-15(18)17(16)20-2)9-14-8-12-4-6-19(14)7-5-12/h10-12,14H,3-9,18H2,1-2H3. The maximum atomic E-state index is 6.13. The Morgan fingerprint density at radius 1 is 1.29 bits per heavy atom. The molecular formula is C17H26N2O2. The van der Waals surface area contributed by atoms with Gasteiger partial charge in [-0.15, -0.1) is 0 Å². The molecule has 4 nitrogen and oxygen atoms in total. The Morgan fingerprint density at radius 2 is 2.05 bits per heavy atom. The van der Waals surface area contributed by atoms with Crippen molar-refractivity contribution in [2.75, 3.05) is 32.5 Å². The van der Waals surface area contributed by atoms with Crippen molar-refractivity contribution in [3.63, 3.8) is 0 Å². The molecule has 2 N–H and O–H groups in total. The van der Waals surface area contributed by atoms with Crippen molar-refractivity contribution in [3.8, 4) is 11.5 Å². The van der Waals surface area contributed by atoms with Crippen molar-refractivity contribution < 1.29 is 9.47 Å². The Hall–Kier alpha value is -1.42. The molecule has 1 atom stereocenters. The lowest BCUT2D eigenvalue weighted by Crippen LogP contribution is -2.49. The van der Waals surface area contributed by atoms with Gasteiger partial charge in [0.25, 0.3) is 0 Å². The minimum Gasteiger partial charge on any atom is -0.491 e. The van der Waals surface area contributed by atoms with Crippen LogP contribution in [0.1, 0.15) is 31.7 Å². The Labute approximate surface area is 127 Å². The van der Waals surface area contributed by atoms with Crippen molar-refractivity contribution in [2.45, 2.75) is 38.6 Å². The summed E-state index contributed by atoms with van der Waals surface area (Å²) in [6.45, 7) is 5.13. The van der Waals surface area contributed by atoms with Gasteiger partial charge in [0.05, 0.1) is 19.4 Å². The average molecular weight is 290 g/mol. The van der Waals surface area contributed by atoms with Crippen LogP contribution in [-0.4, -0.2) is 37.7 Å². The number of anilines is 1. The largest absolute Gasteiger partial charge is 0.491 e. The van der Waals surface area contributed by atoms with Gasteiger partial charge in [0.15, 0.2) is 11.5 Å². The van der Waals surface area contributed by atoms with Gasteiger partial charge < -0.3 is 20.1 Å². The quantitative estimate of drug-likeness (QED) is 0.847. The van der Waals surface area contributed by atoms with Crippen LogP contribution < -0.4 is 15.2 Å². The molecule has 3 saturated heterocycles. The lowest BCUT2D eigenvalue weighted by Gasteiger charge is -2.45. The average Bonchev–Trinajstić information content (AvgIpc) is 2.49. The Bertz CT molecular complexity index is 496. The van der Waals surface area contributed by atoms with Crippen molar-refractivity contribution in [3.05, 3.63) is 17.7 Å². The van der Waals surface area contributed by atoms with Gasteiger partial charge in [-0.05, 0) is 69.3 Å². The van der Waals surface area contributed by atoms with Gasteiger partial charge >= 0.3 is 0 Å². The minimum absolute atomic E-state index is 0.622. The monoisotopic (exact) mass is 290 g/mol. The maximum absolute atomic E-state index is 6.13. The summed E-state index contributed by atoms with van der Waals surface area (Å²) in [6, 6.07) is 4.81. The van der Waals surface area contributed by atoms with E-state index in [9.17, 15) is 0 Å². The summed E-state index contributed by atoms with van der Waals surface area (Å²) in [7, 11) is 1.64. The fourth-order valence-corrected chi connectivity index (χ4v) is 3.85. The summed E-state index contributed by atoms with van der Waals surface area (Å²) < 4.78 is 11.0. The van der Waals surface area contributed by atoms with E-state index < -0.39 is 0 Å². The molecule has 1 unspecified atom stereocenters. The molecule has 0 spiro atoms. The minimum atomic E-state index is 0.622. The highest BCUT2D eigenvalue weighted by atomic mass is 16.5. The first kappa shape index (κ1) is 14.5. The predicted molar refractivity (Wildman–Crippen MR) is 85.0 cm³/mol. The highest BCUT2D eigenvalue weighted by Crippen LogP contribution is 2.37. The number of fused-ring (bicyclic) bond motifs is 3. The van der Waals surface area contributed by atoms with E-state index in [1.54, 1.807) is 7.11 Å². The molecule has 1 aromatic rings. The molecule has 116 valence electrons. The summed E-state index contributed by atoms with van der Waals surface area (Å²) in [5.74, 6) is 2.36. The van der Waals surface area contributed by atoms with Crippen LogP contribution in [0.25, 0.3) is 0 Å². The Morgan fingerprint density at radius 3 is 2.62 bits per heavy atom. The highest BCUT2D eigenvalue weighted by Gasteiger charge is 2.33. The van der Waals surface area contributed by atoms with E-state index in [0.717, 1.165) is 18.1 Å². The van der Waals surface area contributed by atoms with Gasteiger partial charge in [0, 0.05) is 6.04 Å². The molecule has 4 heteroatoms. The first-order valence-electron chi connectivity index (χ1n) is 8.04. The molecule has 3 fully saturated rings. The van der Waals surface area contributed by atoms with Crippen molar-refractivity contribution in [2.24, 2.45) is 5.92 Å². The molecule has 2 bridgehead atoms. The van der Waals surface area contributed by atoms with Crippen LogP contribution >= 0.6 is 0 Å². The highest BCUT2D eigenvalue weighted by molar-refractivity contribution is 5.62. The normalized spacial score (nSPS) is 27.6. The zero-order chi connectivity index (χ0) is 14.8. The summed E-state index contributed by atoms with van der Waals surface area (Å²) >= 11 is 0. The van der Waals surface area contributed by atoms with Crippen LogP contribution in [0.3, 0.4) is 0 Å². The Kier molecular flexibility index (Phi) is 4.24. The van der Waals surface area contributed by atoms with Crippen molar-refractivity contribution in [1.29, 1.82) is 0 Å². The van der Waals surface area contributed by atoms with Gasteiger partial charge in [-0.1, -0.05) is 0 Å². The second-order valence-corrected chi connectivity index (χ2v) is 6.22. The smallest absolute Gasteiger partial charge is 0.183 e. The van der Waals surface area contributed by atoms with Gasteiger partial charge in [-0.2, -0.15) is 0 Å². The van der Waals surface area contributed by atoms with Crippen LogP contribution in [-0.2, 0) is 6.42 Å². The SMILES string of the molecule is CCOc1cc(CC2CC3CCN2CC3)cc(N)c1OC. The molecule has 0 radical (unpaired) electrons. The van der Waals surface area contributed by atoms with E-state index in [0.29, 0.717) is 24.1 Å². The van der Waals surface area contributed by atoms with Crippen LogP contribution in [0.5, 0.6) is 11.5 Å². The summed E-state index contributed by atoms with van der Waals surface area (Å²) in [4.78, 5) is 2.64. The lowest BCUT2D eigenvalue weighted by molar-refractivity contribution is 0.0498. The van der Waals surface area contributed by atoms with Crippen LogP contribution in [0.4, 0.5) is 5.69 Å². The molecule has 3 heterocycles. The third-order valence-electron chi connectivity index (χ3n) is 4.89. The Balaban J connectivity index is 1.79. The fourth-order valence-electron chi connectivity index (χ4n) is 3.85. The number of rotatable bonds is 5. The number of hydrogen-bond acceptors (Lipinski definition) is 4. The number of benzene rings is 1. The molecule has 1 aromatic carbocycles. The molecule has 4 rings (SSSR count). The first-order valence-corrected chi connectivity index (χ1v) is 8.04. The van der Waals surface area contributed by atoms with Gasteiger partial charge in [0.2, 0.25) is 0 Å². The zero-order valence-corrected chi connectivity index (χ0v) is 13.1. The summed E-state index contributed by atoms with van der Waals surface area (Å²) in [5, 5.41) is 0. The summed E-state index contributed by atoms with van der Waals surface area (Å²) in [6.07, 6.45) is 5.15. The first-order chi connectivity index (χ1) is 10.2. The van der Waals surface area contributed by atoms with E-state index in [4.69, 9.17) is 15.2 Å². The van der Waals surface area contributed by atoms with Gasteiger partial charge in [0.1, 0.15) is 0 Å². The van der Waals surface area contributed by atoms with E-state index in [1.807, 2.05) is 13.0 Å². The number of nitrogens with zero attached hydrogens (tertiary/aromatic N) is 1. The summed E-state index contributed by atoms with van der Waals surface area (Å²) in [5.41, 5.74) is 8.06. The molecule has 3 aliphatic heterocycles. The number of nitrogen functional groups attached to an aromatic ring is 1. The van der Waals surface area contributed by atoms with Gasteiger partial charge in [-0.25, -0.2) is 0 Å². The number of piperidine rings is 3. The molecule has 0 aliphatic carbocycles. The number of hydrogen-bond donors (Lipinski definition) is 1. The number of nitrogens with two attached hydrogens (primary N) is 1. The van der Waals surface area contributed by atoms with E-state index >= 15 is 0 Å². The third kappa shape index (κ3) is 2.95. The van der Waals surface area contributed by atoms with E-state index in [2.05, 4.69) is 11.0 Å². The van der Waals surface area contributed by atoms with Crippen molar-refractivity contribution >= 4 is 5.69 Å². The van der Waals surface area contributed by atoms with Crippen LogP contribution in [0, 0.1) is 5.92 Å². The van der Waals surface area contributed by atoms with E-state index in [1.165, 1.54) is 37.9 Å². The second kappa shape index (κ2) is 6.14. The molecule has 0 aromatic heterocycles. The zero-order valence-electron chi connectivity index (χ0n) is 13.1. The third-order valence-corrected chi connectivity index (χ3v) is 4.89. The van der Waals surface area contributed by atoms with Crippen LogP contribution in [0.15, 0.2) is 12.1 Å². The van der Waals surface area contributed by atoms with Crippen molar-refractivity contribution in [1.82, 2.24) is 4.90 Å². The fraction of sp³-hybridized carbons (Fsp3) is 0.647.